The van der Waals surface area contributed by atoms with E-state index in [2.05, 4.69) is 0 Å². The number of Topliss-reactive ketones (excluding diaryl/α,β-unsaturated/α-hetero) is 1. The van der Waals surface area contributed by atoms with Gasteiger partial charge < -0.3 is 15.3 Å². The summed E-state index contributed by atoms with van der Waals surface area (Å²) in [6, 6.07) is -0.816. The Labute approximate surface area is 127 Å². The van der Waals surface area contributed by atoms with Crippen molar-refractivity contribution >= 4 is 5.78 Å². The average Bonchev–Trinajstić information content (AvgIpc) is 2.43. The Bertz CT molecular complexity index is 351. The van der Waals surface area contributed by atoms with Crippen LogP contribution in [0, 0.1) is 0 Å². The third-order valence-electron chi connectivity index (χ3n) is 3.93. The van der Waals surface area contributed by atoms with Crippen LogP contribution in [0.25, 0.3) is 0 Å². The van der Waals surface area contributed by atoms with Crippen molar-refractivity contribution in [1.29, 1.82) is 0 Å². The zero-order valence-corrected chi connectivity index (χ0v) is 12.4. The number of aliphatic hydroxyl groups excluding tert-OH is 3. The van der Waals surface area contributed by atoms with Crippen molar-refractivity contribution in [2.24, 2.45) is 0 Å². The number of ketones is 1. The number of β-amino-alcohol motifs (C(OH)–C–C–N with tert-alkyl or cyclic N) is 1. The number of rotatable bonds is 8. The number of unbranched alkanes of at least 4 members (excludes halogenated alkanes) is 4. The van der Waals surface area contributed by atoms with Gasteiger partial charge in [0.15, 0.2) is 5.78 Å². The fourth-order valence-corrected chi connectivity index (χ4v) is 2.66. The van der Waals surface area contributed by atoms with E-state index in [-0.39, 0.29) is 13.0 Å². The molecule has 0 bridgehead atoms. The monoisotopic (exact) mass is 327 g/mol. The first kappa shape index (κ1) is 19.3. The van der Waals surface area contributed by atoms with Crippen LogP contribution in [0.3, 0.4) is 0 Å². The molecule has 0 radical (unpaired) electrons. The van der Waals surface area contributed by atoms with Gasteiger partial charge in [-0.1, -0.05) is 19.3 Å². The molecule has 5 nitrogen and oxygen atoms in total. The van der Waals surface area contributed by atoms with E-state index in [1.54, 1.807) is 4.90 Å². The average molecular weight is 327 g/mol. The summed E-state index contributed by atoms with van der Waals surface area (Å²) in [4.78, 5) is 13.3. The zero-order chi connectivity index (χ0) is 16.8. The summed E-state index contributed by atoms with van der Waals surface area (Å²) in [5, 5.41) is 28.3. The summed E-state index contributed by atoms with van der Waals surface area (Å²) in [6.45, 7) is 0.139. The second kappa shape index (κ2) is 8.81. The number of carbonyl (C=O) groups excluding carboxylic acids is 1. The summed E-state index contributed by atoms with van der Waals surface area (Å²) in [5.41, 5.74) is 0. The highest BCUT2D eigenvalue weighted by molar-refractivity contribution is 5.89. The lowest BCUT2D eigenvalue weighted by molar-refractivity contribution is -0.149. The summed E-state index contributed by atoms with van der Waals surface area (Å²) < 4.78 is 35.9. The van der Waals surface area contributed by atoms with Gasteiger partial charge in [-0.15, -0.1) is 0 Å². The third-order valence-corrected chi connectivity index (χ3v) is 3.93. The molecule has 0 saturated carbocycles. The number of halogens is 3. The van der Waals surface area contributed by atoms with Crippen LogP contribution in [-0.2, 0) is 4.79 Å². The molecule has 22 heavy (non-hydrogen) atoms. The summed E-state index contributed by atoms with van der Waals surface area (Å²) in [7, 11) is 0. The van der Waals surface area contributed by atoms with Gasteiger partial charge in [0.2, 0.25) is 0 Å². The summed E-state index contributed by atoms with van der Waals surface area (Å²) in [6.07, 6.45) is -4.80. The number of likely N-dealkylation sites (tertiary alicyclic amines) is 1. The maximum Gasteiger partial charge on any atom is 0.389 e. The SMILES string of the molecule is O=C1[C@@H](CO)N(CCCCCCCC(F)(F)F)C[C@H](O)[C@H]1O. The van der Waals surface area contributed by atoms with Crippen LogP contribution < -0.4 is 0 Å². The second-order valence-electron chi connectivity index (χ2n) is 5.74. The Kier molecular flexibility index (Phi) is 7.75. The Morgan fingerprint density at radius 2 is 1.68 bits per heavy atom. The molecular formula is C14H24F3NO4. The molecule has 3 N–H and O–H groups in total. The Balaban J connectivity index is 2.22. The van der Waals surface area contributed by atoms with Crippen LogP contribution in [0.5, 0.6) is 0 Å². The van der Waals surface area contributed by atoms with Crippen molar-refractivity contribution in [2.45, 2.75) is 63.0 Å². The molecule has 0 spiro atoms. The molecule has 1 aliphatic heterocycles. The lowest BCUT2D eigenvalue weighted by Crippen LogP contribution is -2.60. The van der Waals surface area contributed by atoms with E-state index in [1.165, 1.54) is 0 Å². The number of piperidine rings is 1. The van der Waals surface area contributed by atoms with Crippen LogP contribution in [0.15, 0.2) is 0 Å². The van der Waals surface area contributed by atoms with Gasteiger partial charge in [-0.3, -0.25) is 9.69 Å². The van der Waals surface area contributed by atoms with Crippen molar-refractivity contribution in [3.05, 3.63) is 0 Å². The van der Waals surface area contributed by atoms with Gasteiger partial charge in [-0.05, 0) is 19.4 Å². The molecule has 1 heterocycles. The summed E-state index contributed by atoms with van der Waals surface area (Å²) >= 11 is 0. The van der Waals surface area contributed by atoms with Gasteiger partial charge in [-0.25, -0.2) is 0 Å². The molecule has 0 amide bonds. The first-order chi connectivity index (χ1) is 10.3. The van der Waals surface area contributed by atoms with Gasteiger partial charge in [0.1, 0.15) is 6.10 Å². The molecule has 8 heteroatoms. The van der Waals surface area contributed by atoms with Crippen LogP contribution in [-0.4, -0.2) is 70.1 Å². The zero-order valence-electron chi connectivity index (χ0n) is 12.4. The van der Waals surface area contributed by atoms with Gasteiger partial charge in [-0.2, -0.15) is 13.2 Å². The van der Waals surface area contributed by atoms with Crippen LogP contribution in [0.2, 0.25) is 0 Å². The van der Waals surface area contributed by atoms with E-state index in [0.29, 0.717) is 25.8 Å². The highest BCUT2D eigenvalue weighted by Crippen LogP contribution is 2.23. The highest BCUT2D eigenvalue weighted by atomic mass is 19.4. The van der Waals surface area contributed by atoms with Crippen LogP contribution in [0.4, 0.5) is 13.2 Å². The smallest absolute Gasteiger partial charge is 0.389 e. The van der Waals surface area contributed by atoms with E-state index in [1.807, 2.05) is 0 Å². The van der Waals surface area contributed by atoms with Gasteiger partial charge in [0, 0.05) is 13.0 Å². The van der Waals surface area contributed by atoms with E-state index in [0.717, 1.165) is 6.42 Å². The first-order valence-electron chi connectivity index (χ1n) is 7.58. The molecule has 0 unspecified atom stereocenters. The number of hydrogen-bond acceptors (Lipinski definition) is 5. The fourth-order valence-electron chi connectivity index (χ4n) is 2.66. The van der Waals surface area contributed by atoms with Crippen molar-refractivity contribution in [1.82, 2.24) is 4.90 Å². The third kappa shape index (κ3) is 6.20. The molecule has 1 aliphatic rings. The molecule has 0 aliphatic carbocycles. The summed E-state index contributed by atoms with van der Waals surface area (Å²) in [5.74, 6) is -0.591. The number of nitrogens with zero attached hydrogens (tertiary/aromatic N) is 1. The molecule has 3 atom stereocenters. The Hall–Kier alpha value is -0.700. The number of aliphatic hydroxyl groups is 3. The van der Waals surface area contributed by atoms with Crippen molar-refractivity contribution in [2.75, 3.05) is 19.7 Å². The number of carbonyl (C=O) groups is 1. The van der Waals surface area contributed by atoms with E-state index in [9.17, 15) is 33.3 Å². The number of alkyl halides is 3. The first-order valence-corrected chi connectivity index (χ1v) is 7.58. The van der Waals surface area contributed by atoms with Crippen molar-refractivity contribution in [3.63, 3.8) is 0 Å². The Morgan fingerprint density at radius 3 is 2.27 bits per heavy atom. The molecule has 0 aromatic carbocycles. The maximum atomic E-state index is 12.0. The van der Waals surface area contributed by atoms with Gasteiger partial charge in [0.05, 0.1) is 18.8 Å². The quantitative estimate of drug-likeness (QED) is 0.576. The molecule has 0 aromatic heterocycles. The van der Waals surface area contributed by atoms with Crippen LogP contribution in [0.1, 0.15) is 38.5 Å². The van der Waals surface area contributed by atoms with E-state index >= 15 is 0 Å². The molecular weight excluding hydrogens is 303 g/mol. The van der Waals surface area contributed by atoms with E-state index < -0.39 is 43.2 Å². The standard InChI is InChI=1S/C14H24F3NO4/c15-14(16,17)6-4-2-1-3-5-7-18-8-11(20)13(22)12(21)10(18)9-19/h10-11,13,19-20,22H,1-9H2/t10-,11+,13-/m1/s1. The predicted octanol–water partition coefficient (Wildman–Crippen LogP) is 0.857. The molecule has 1 fully saturated rings. The molecule has 1 rings (SSSR count). The molecule has 130 valence electrons. The minimum atomic E-state index is -4.10. The molecule has 0 aromatic rings. The van der Waals surface area contributed by atoms with Gasteiger partial charge >= 0.3 is 6.18 Å². The van der Waals surface area contributed by atoms with Crippen molar-refractivity contribution in [3.8, 4) is 0 Å². The van der Waals surface area contributed by atoms with Crippen molar-refractivity contribution < 1.29 is 33.3 Å². The topological polar surface area (TPSA) is 81.0 Å². The second-order valence-corrected chi connectivity index (χ2v) is 5.74. The predicted molar refractivity (Wildman–Crippen MR) is 73.2 cm³/mol. The maximum absolute atomic E-state index is 12.0. The van der Waals surface area contributed by atoms with Gasteiger partial charge in [0.25, 0.3) is 0 Å². The highest BCUT2D eigenvalue weighted by Gasteiger charge is 2.40. The van der Waals surface area contributed by atoms with E-state index in [4.69, 9.17) is 0 Å². The lowest BCUT2D eigenvalue weighted by Gasteiger charge is -2.38. The minimum absolute atomic E-state index is 0.103. The Morgan fingerprint density at radius 1 is 1.09 bits per heavy atom. The molecule has 1 saturated heterocycles. The minimum Gasteiger partial charge on any atom is -0.394 e. The lowest BCUT2D eigenvalue weighted by atomic mass is 9.95. The number of hydrogen-bond donors (Lipinski definition) is 3. The largest absolute Gasteiger partial charge is 0.394 e. The fraction of sp³-hybridized carbons (Fsp3) is 0.929. The van der Waals surface area contributed by atoms with Crippen LogP contribution >= 0.6 is 0 Å². The normalized spacial score (nSPS) is 27.4.